The van der Waals surface area contributed by atoms with Crippen LogP contribution in [0.5, 0.6) is 5.75 Å². The van der Waals surface area contributed by atoms with Gasteiger partial charge in [0.25, 0.3) is 0 Å². The molecule has 0 radical (unpaired) electrons. The van der Waals surface area contributed by atoms with E-state index in [0.717, 1.165) is 5.39 Å². The SMILES string of the molecule is CC(C)c1c(C(=O)O)nnn1-c1cccc2c(O)cccc12. The van der Waals surface area contributed by atoms with Crippen molar-refractivity contribution in [3.05, 3.63) is 47.8 Å². The zero-order valence-electron chi connectivity index (χ0n) is 12.2. The Hall–Kier alpha value is -2.89. The van der Waals surface area contributed by atoms with Gasteiger partial charge < -0.3 is 10.2 Å². The maximum atomic E-state index is 11.3. The number of rotatable bonds is 3. The van der Waals surface area contributed by atoms with Crippen LogP contribution in [0.15, 0.2) is 36.4 Å². The van der Waals surface area contributed by atoms with Gasteiger partial charge in [0.15, 0.2) is 5.69 Å². The molecule has 0 aliphatic rings. The third-order valence-corrected chi connectivity index (χ3v) is 3.56. The van der Waals surface area contributed by atoms with Crippen LogP contribution in [-0.4, -0.2) is 31.2 Å². The Morgan fingerprint density at radius 1 is 1.14 bits per heavy atom. The molecule has 3 aromatic rings. The van der Waals surface area contributed by atoms with E-state index in [4.69, 9.17) is 0 Å². The first kappa shape index (κ1) is 14.1. The van der Waals surface area contributed by atoms with Crippen molar-refractivity contribution >= 4 is 16.7 Å². The largest absolute Gasteiger partial charge is 0.507 e. The lowest BCUT2D eigenvalue weighted by Crippen LogP contribution is -2.08. The van der Waals surface area contributed by atoms with Crippen LogP contribution in [-0.2, 0) is 0 Å². The minimum Gasteiger partial charge on any atom is -0.507 e. The van der Waals surface area contributed by atoms with E-state index in [0.29, 0.717) is 16.8 Å². The number of phenols is 1. The lowest BCUT2D eigenvalue weighted by molar-refractivity contribution is 0.0688. The first-order chi connectivity index (χ1) is 10.5. The normalized spacial score (nSPS) is 11.2. The topological polar surface area (TPSA) is 88.2 Å². The van der Waals surface area contributed by atoms with E-state index >= 15 is 0 Å². The fourth-order valence-corrected chi connectivity index (χ4v) is 2.60. The summed E-state index contributed by atoms with van der Waals surface area (Å²) in [7, 11) is 0. The highest BCUT2D eigenvalue weighted by Gasteiger charge is 2.23. The third kappa shape index (κ3) is 2.09. The summed E-state index contributed by atoms with van der Waals surface area (Å²) in [5, 5.41) is 28.5. The average Bonchev–Trinajstić information content (AvgIpc) is 2.92. The number of nitrogens with zero attached hydrogens (tertiary/aromatic N) is 3. The average molecular weight is 297 g/mol. The first-order valence-corrected chi connectivity index (χ1v) is 6.90. The van der Waals surface area contributed by atoms with Crippen LogP contribution in [0.25, 0.3) is 16.5 Å². The number of benzene rings is 2. The van der Waals surface area contributed by atoms with Crippen molar-refractivity contribution in [1.82, 2.24) is 15.0 Å². The number of aromatic hydroxyl groups is 1. The van der Waals surface area contributed by atoms with Gasteiger partial charge in [0.2, 0.25) is 0 Å². The maximum Gasteiger partial charge on any atom is 0.358 e. The Labute approximate surface area is 126 Å². The number of hydrogen-bond acceptors (Lipinski definition) is 4. The molecule has 0 aliphatic heterocycles. The van der Waals surface area contributed by atoms with E-state index in [9.17, 15) is 15.0 Å². The Balaban J connectivity index is 2.33. The van der Waals surface area contributed by atoms with Gasteiger partial charge in [0, 0.05) is 10.8 Å². The van der Waals surface area contributed by atoms with Gasteiger partial charge in [0.1, 0.15) is 5.75 Å². The number of fused-ring (bicyclic) bond motifs is 1. The van der Waals surface area contributed by atoms with Crippen LogP contribution in [0, 0.1) is 0 Å². The molecule has 3 rings (SSSR count). The summed E-state index contributed by atoms with van der Waals surface area (Å²) in [6, 6.07) is 10.6. The van der Waals surface area contributed by atoms with Crippen molar-refractivity contribution in [2.45, 2.75) is 19.8 Å². The van der Waals surface area contributed by atoms with Gasteiger partial charge in [0.05, 0.1) is 11.4 Å². The molecule has 0 spiro atoms. The number of phenolic OH excluding ortho intramolecular Hbond substituents is 1. The molecule has 0 unspecified atom stereocenters. The third-order valence-electron chi connectivity index (χ3n) is 3.56. The van der Waals surface area contributed by atoms with E-state index in [2.05, 4.69) is 10.3 Å². The summed E-state index contributed by atoms with van der Waals surface area (Å²) in [6.45, 7) is 3.79. The summed E-state index contributed by atoms with van der Waals surface area (Å²) in [5.41, 5.74) is 1.17. The van der Waals surface area contributed by atoms with E-state index in [-0.39, 0.29) is 17.4 Å². The Kier molecular flexibility index (Phi) is 3.29. The molecule has 0 atom stereocenters. The van der Waals surface area contributed by atoms with Crippen LogP contribution >= 0.6 is 0 Å². The number of carboxylic acid groups (broad SMARTS) is 1. The quantitative estimate of drug-likeness (QED) is 0.776. The number of carbonyl (C=O) groups is 1. The second-order valence-electron chi connectivity index (χ2n) is 5.34. The van der Waals surface area contributed by atoms with Gasteiger partial charge in [-0.3, -0.25) is 0 Å². The van der Waals surface area contributed by atoms with E-state index < -0.39 is 5.97 Å². The Morgan fingerprint density at radius 2 is 1.82 bits per heavy atom. The molecule has 0 fully saturated rings. The zero-order chi connectivity index (χ0) is 15.9. The van der Waals surface area contributed by atoms with Gasteiger partial charge >= 0.3 is 5.97 Å². The second kappa shape index (κ2) is 5.14. The predicted molar refractivity (Wildman–Crippen MR) is 81.6 cm³/mol. The molecule has 0 saturated carbocycles. The molecule has 6 heteroatoms. The number of aromatic nitrogens is 3. The maximum absolute atomic E-state index is 11.3. The lowest BCUT2D eigenvalue weighted by atomic mass is 10.1. The standard InChI is InChI=1S/C16H15N3O3/c1-9(2)15-14(16(21)22)17-18-19(15)12-7-3-6-11-10(12)5-4-8-13(11)20/h3-9,20H,1-2H3,(H,21,22). The highest BCUT2D eigenvalue weighted by atomic mass is 16.4. The molecule has 1 heterocycles. The molecule has 0 aliphatic carbocycles. The van der Waals surface area contributed by atoms with Gasteiger partial charge in [-0.15, -0.1) is 5.10 Å². The van der Waals surface area contributed by atoms with Crippen molar-refractivity contribution in [2.24, 2.45) is 0 Å². The zero-order valence-corrected chi connectivity index (χ0v) is 12.2. The van der Waals surface area contributed by atoms with Crippen molar-refractivity contribution < 1.29 is 15.0 Å². The van der Waals surface area contributed by atoms with Crippen molar-refractivity contribution in [2.75, 3.05) is 0 Å². The molecular formula is C16H15N3O3. The van der Waals surface area contributed by atoms with Crippen LogP contribution in [0.3, 0.4) is 0 Å². The highest BCUT2D eigenvalue weighted by Crippen LogP contribution is 2.31. The van der Waals surface area contributed by atoms with Gasteiger partial charge in [-0.1, -0.05) is 43.3 Å². The molecule has 2 N–H and O–H groups in total. The van der Waals surface area contributed by atoms with Crippen LogP contribution in [0.1, 0.15) is 35.9 Å². The van der Waals surface area contributed by atoms with Crippen molar-refractivity contribution in [1.29, 1.82) is 0 Å². The predicted octanol–water partition coefficient (Wildman–Crippen LogP) is 2.95. The first-order valence-electron chi connectivity index (χ1n) is 6.90. The van der Waals surface area contributed by atoms with Crippen LogP contribution in [0.2, 0.25) is 0 Å². The highest BCUT2D eigenvalue weighted by molar-refractivity contribution is 5.94. The summed E-state index contributed by atoms with van der Waals surface area (Å²) in [5.74, 6) is -0.990. The smallest absolute Gasteiger partial charge is 0.358 e. The van der Waals surface area contributed by atoms with Gasteiger partial charge in [-0.2, -0.15) is 0 Å². The Bertz CT molecular complexity index is 868. The molecule has 0 bridgehead atoms. The number of aromatic carboxylic acids is 1. The van der Waals surface area contributed by atoms with E-state index in [1.54, 1.807) is 24.3 Å². The molecule has 2 aromatic carbocycles. The summed E-state index contributed by atoms with van der Waals surface area (Å²) >= 11 is 0. The minimum atomic E-state index is -1.10. The molecular weight excluding hydrogens is 282 g/mol. The van der Waals surface area contributed by atoms with E-state index in [1.165, 1.54) is 4.68 Å². The van der Waals surface area contributed by atoms with Gasteiger partial charge in [-0.25, -0.2) is 9.48 Å². The lowest BCUT2D eigenvalue weighted by Gasteiger charge is -2.12. The van der Waals surface area contributed by atoms with Crippen LogP contribution < -0.4 is 0 Å². The second-order valence-corrected chi connectivity index (χ2v) is 5.34. The number of hydrogen-bond donors (Lipinski definition) is 2. The summed E-state index contributed by atoms with van der Waals surface area (Å²) in [4.78, 5) is 11.3. The molecule has 6 nitrogen and oxygen atoms in total. The fourth-order valence-electron chi connectivity index (χ4n) is 2.60. The molecule has 1 aromatic heterocycles. The monoisotopic (exact) mass is 297 g/mol. The summed E-state index contributed by atoms with van der Waals surface area (Å²) in [6.07, 6.45) is 0. The Morgan fingerprint density at radius 3 is 2.50 bits per heavy atom. The minimum absolute atomic E-state index is 0.0489. The fraction of sp³-hybridized carbons (Fsp3) is 0.188. The van der Waals surface area contributed by atoms with Crippen molar-refractivity contribution in [3.63, 3.8) is 0 Å². The molecule has 22 heavy (non-hydrogen) atoms. The summed E-state index contributed by atoms with van der Waals surface area (Å²) < 4.78 is 1.54. The molecule has 0 saturated heterocycles. The van der Waals surface area contributed by atoms with Crippen LogP contribution in [0.4, 0.5) is 0 Å². The van der Waals surface area contributed by atoms with E-state index in [1.807, 2.05) is 26.0 Å². The molecule has 112 valence electrons. The van der Waals surface area contributed by atoms with Crippen molar-refractivity contribution in [3.8, 4) is 11.4 Å². The molecule has 0 amide bonds. The number of carboxylic acids is 1. The van der Waals surface area contributed by atoms with Gasteiger partial charge in [-0.05, 0) is 18.1 Å².